The van der Waals surface area contributed by atoms with Crippen molar-refractivity contribution in [1.29, 1.82) is 0 Å². The molecular weight excluding hydrogens is 248 g/mol. The van der Waals surface area contributed by atoms with Crippen LogP contribution in [0.5, 0.6) is 0 Å². The van der Waals surface area contributed by atoms with Gasteiger partial charge in [0.05, 0.1) is 16.2 Å². The Hall–Kier alpha value is -2.50. The summed E-state index contributed by atoms with van der Waals surface area (Å²) >= 11 is 0. The summed E-state index contributed by atoms with van der Waals surface area (Å²) in [6.45, 7) is 3.81. The number of hydrogen-bond acceptors (Lipinski definition) is 5. The van der Waals surface area contributed by atoms with Crippen LogP contribution >= 0.6 is 0 Å². The number of nitro groups is 1. The van der Waals surface area contributed by atoms with Crippen molar-refractivity contribution in [1.82, 2.24) is 0 Å². The predicted octanol–water partition coefficient (Wildman–Crippen LogP) is 2.55. The number of non-ortho nitro benzene ring substituents is 1. The lowest BCUT2D eigenvalue weighted by Gasteiger charge is -2.02. The van der Waals surface area contributed by atoms with Crippen molar-refractivity contribution < 1.29 is 14.6 Å². The van der Waals surface area contributed by atoms with Crippen molar-refractivity contribution in [3.8, 4) is 0 Å². The average molecular weight is 260 g/mol. The first-order valence-electron chi connectivity index (χ1n) is 5.75. The van der Waals surface area contributed by atoms with Gasteiger partial charge in [0.15, 0.2) is 0 Å². The third-order valence-electron chi connectivity index (χ3n) is 2.68. The number of hydrogen-bond donors (Lipinski definition) is 0. The number of rotatable bonds is 3. The monoisotopic (exact) mass is 260 g/mol. The molecule has 1 aromatic carbocycles. The molecule has 1 heterocycles. The first-order valence-corrected chi connectivity index (χ1v) is 5.75. The molecule has 19 heavy (non-hydrogen) atoms. The number of oxime groups is 1. The van der Waals surface area contributed by atoms with Gasteiger partial charge in [0.1, 0.15) is 0 Å². The highest BCUT2D eigenvalue weighted by molar-refractivity contribution is 6.25. The van der Waals surface area contributed by atoms with E-state index >= 15 is 0 Å². The maximum Gasteiger partial charge on any atom is 0.367 e. The summed E-state index contributed by atoms with van der Waals surface area (Å²) in [7, 11) is 0. The molecule has 0 saturated heterocycles. The molecule has 6 nitrogen and oxygen atoms in total. The van der Waals surface area contributed by atoms with Crippen LogP contribution < -0.4 is 0 Å². The van der Waals surface area contributed by atoms with E-state index in [2.05, 4.69) is 9.99 Å². The minimum atomic E-state index is -0.498. The summed E-state index contributed by atoms with van der Waals surface area (Å²) in [5, 5.41) is 14.3. The normalized spacial score (nSPS) is 16.7. The van der Waals surface area contributed by atoms with Gasteiger partial charge in [0.25, 0.3) is 5.69 Å². The van der Waals surface area contributed by atoms with E-state index in [9.17, 15) is 14.9 Å². The highest BCUT2D eigenvalue weighted by Gasteiger charge is 2.27. The fraction of sp³-hybridized carbons (Fsp3) is 0.231. The molecule has 0 unspecified atom stereocenters. The molecule has 1 aliphatic heterocycles. The zero-order chi connectivity index (χ0) is 14.0. The van der Waals surface area contributed by atoms with E-state index in [0.717, 1.165) is 0 Å². The van der Waals surface area contributed by atoms with Crippen molar-refractivity contribution in [2.24, 2.45) is 11.1 Å². The van der Waals surface area contributed by atoms with Gasteiger partial charge >= 0.3 is 5.97 Å². The lowest BCUT2D eigenvalue weighted by Crippen LogP contribution is -2.11. The van der Waals surface area contributed by atoms with Crippen LogP contribution in [0.4, 0.5) is 5.69 Å². The SMILES string of the molecule is CC(C)C1=NOC(=O)/C1=C\c1ccc([N+](=O)[O-])cc1. The Morgan fingerprint density at radius 3 is 2.47 bits per heavy atom. The highest BCUT2D eigenvalue weighted by Crippen LogP contribution is 2.21. The Morgan fingerprint density at radius 2 is 1.95 bits per heavy atom. The second-order valence-corrected chi connectivity index (χ2v) is 4.42. The maximum absolute atomic E-state index is 11.6. The fourth-order valence-corrected chi connectivity index (χ4v) is 1.70. The smallest absolute Gasteiger partial charge is 0.312 e. The number of benzene rings is 1. The molecule has 1 aliphatic rings. The van der Waals surface area contributed by atoms with E-state index < -0.39 is 10.9 Å². The topological polar surface area (TPSA) is 81.8 Å². The van der Waals surface area contributed by atoms with Gasteiger partial charge in [0.2, 0.25) is 0 Å². The second-order valence-electron chi connectivity index (χ2n) is 4.42. The molecule has 0 aromatic heterocycles. The van der Waals surface area contributed by atoms with E-state index in [1.165, 1.54) is 12.1 Å². The first-order chi connectivity index (χ1) is 8.99. The van der Waals surface area contributed by atoms with E-state index in [-0.39, 0.29) is 11.6 Å². The van der Waals surface area contributed by atoms with E-state index in [0.29, 0.717) is 16.8 Å². The molecule has 2 rings (SSSR count). The van der Waals surface area contributed by atoms with Gasteiger partial charge in [-0.15, -0.1) is 0 Å². The summed E-state index contributed by atoms with van der Waals surface area (Å²) in [4.78, 5) is 26.3. The molecule has 0 amide bonds. The molecule has 1 aromatic rings. The van der Waals surface area contributed by atoms with Crippen molar-refractivity contribution in [3.63, 3.8) is 0 Å². The van der Waals surface area contributed by atoms with Gasteiger partial charge in [-0.2, -0.15) is 0 Å². The van der Waals surface area contributed by atoms with Gasteiger partial charge in [-0.3, -0.25) is 10.1 Å². The van der Waals surface area contributed by atoms with Crippen LogP contribution in [0.2, 0.25) is 0 Å². The van der Waals surface area contributed by atoms with Crippen LogP contribution in [-0.2, 0) is 9.63 Å². The quantitative estimate of drug-likeness (QED) is 0.362. The predicted molar refractivity (Wildman–Crippen MR) is 69.4 cm³/mol. The summed E-state index contributed by atoms with van der Waals surface area (Å²) in [6.07, 6.45) is 1.62. The number of carbonyl (C=O) groups excluding carboxylic acids is 1. The van der Waals surface area contributed by atoms with Gasteiger partial charge < -0.3 is 4.84 Å². The van der Waals surface area contributed by atoms with Crippen LogP contribution in [0.15, 0.2) is 35.0 Å². The molecule has 0 bridgehead atoms. The van der Waals surface area contributed by atoms with Crippen LogP contribution in [0, 0.1) is 16.0 Å². The Bertz CT molecular complexity index is 585. The van der Waals surface area contributed by atoms with E-state index in [4.69, 9.17) is 0 Å². The molecule has 0 radical (unpaired) electrons. The highest BCUT2D eigenvalue weighted by atomic mass is 16.7. The van der Waals surface area contributed by atoms with Gasteiger partial charge in [0, 0.05) is 12.1 Å². The summed E-state index contributed by atoms with van der Waals surface area (Å²) in [5.74, 6) is -0.433. The Labute approximate surface area is 109 Å². The van der Waals surface area contributed by atoms with Crippen molar-refractivity contribution in [3.05, 3.63) is 45.5 Å². The van der Waals surface area contributed by atoms with Crippen molar-refractivity contribution >= 4 is 23.4 Å². The summed E-state index contributed by atoms with van der Waals surface area (Å²) in [5.41, 5.74) is 1.67. The van der Waals surface area contributed by atoms with Crippen molar-refractivity contribution in [2.45, 2.75) is 13.8 Å². The third kappa shape index (κ3) is 2.67. The Morgan fingerprint density at radius 1 is 1.32 bits per heavy atom. The first kappa shape index (κ1) is 12.9. The molecule has 0 saturated carbocycles. The lowest BCUT2D eigenvalue weighted by molar-refractivity contribution is -0.384. The standard InChI is InChI=1S/C13H12N2O4/c1-8(2)12-11(13(16)19-14-12)7-9-3-5-10(6-4-9)15(17)18/h3-8H,1-2H3/b11-7-. The molecule has 0 fully saturated rings. The Kier molecular flexibility index (Phi) is 3.41. The second kappa shape index (κ2) is 5.01. The van der Waals surface area contributed by atoms with Gasteiger partial charge in [-0.25, -0.2) is 4.79 Å². The Balaban J connectivity index is 2.32. The number of nitrogens with zero attached hydrogens (tertiary/aromatic N) is 2. The fourth-order valence-electron chi connectivity index (χ4n) is 1.70. The maximum atomic E-state index is 11.6. The molecule has 0 spiro atoms. The largest absolute Gasteiger partial charge is 0.367 e. The van der Waals surface area contributed by atoms with E-state index in [1.54, 1.807) is 18.2 Å². The van der Waals surface area contributed by atoms with Gasteiger partial charge in [-0.1, -0.05) is 19.0 Å². The zero-order valence-electron chi connectivity index (χ0n) is 10.5. The molecule has 0 N–H and O–H groups in total. The van der Waals surface area contributed by atoms with Crippen LogP contribution in [0.3, 0.4) is 0 Å². The number of nitro benzene ring substituents is 1. The average Bonchev–Trinajstić information content (AvgIpc) is 2.72. The summed E-state index contributed by atoms with van der Waals surface area (Å²) < 4.78 is 0. The minimum Gasteiger partial charge on any atom is -0.312 e. The van der Waals surface area contributed by atoms with Crippen LogP contribution in [-0.4, -0.2) is 16.6 Å². The number of carbonyl (C=O) groups is 1. The lowest BCUT2D eigenvalue weighted by atomic mass is 9.98. The minimum absolute atomic E-state index is 0.00824. The third-order valence-corrected chi connectivity index (χ3v) is 2.68. The molecule has 0 aliphatic carbocycles. The van der Waals surface area contributed by atoms with E-state index in [1.807, 2.05) is 13.8 Å². The van der Waals surface area contributed by atoms with Crippen molar-refractivity contribution in [2.75, 3.05) is 0 Å². The van der Waals surface area contributed by atoms with Gasteiger partial charge in [-0.05, 0) is 29.7 Å². The zero-order valence-corrected chi connectivity index (χ0v) is 10.5. The van der Waals surface area contributed by atoms with Crippen LogP contribution in [0.1, 0.15) is 19.4 Å². The molecule has 0 atom stereocenters. The van der Waals surface area contributed by atoms with Crippen LogP contribution in [0.25, 0.3) is 6.08 Å². The molecule has 98 valence electrons. The molecular formula is C13H12N2O4. The molecule has 6 heteroatoms. The summed E-state index contributed by atoms with van der Waals surface area (Å²) in [6, 6.07) is 5.93.